The van der Waals surface area contributed by atoms with Crippen molar-refractivity contribution < 1.29 is 0 Å². The molecular formula is C15H21N3S. The van der Waals surface area contributed by atoms with Gasteiger partial charge in [0.05, 0.1) is 10.7 Å². The minimum Gasteiger partial charge on any atom is -0.271 e. The SMILES string of the molecule is Cc1ccccc1CC(Cc1nc(C)c(C)s1)NN. The van der Waals surface area contributed by atoms with Gasteiger partial charge >= 0.3 is 0 Å². The standard InChI is InChI=1S/C15H21N3S/c1-10-6-4-5-7-13(10)8-14(18-16)9-15-17-11(2)12(3)19-15/h4-7,14,18H,8-9,16H2,1-3H3. The molecule has 0 spiro atoms. The Balaban J connectivity index is 2.07. The first-order chi connectivity index (χ1) is 9.10. The van der Waals surface area contributed by atoms with E-state index in [0.29, 0.717) is 0 Å². The normalized spacial score (nSPS) is 12.6. The molecule has 2 aromatic rings. The van der Waals surface area contributed by atoms with E-state index in [4.69, 9.17) is 5.84 Å². The molecule has 0 aliphatic carbocycles. The lowest BCUT2D eigenvalue weighted by molar-refractivity contribution is 0.520. The average Bonchev–Trinajstić information content (AvgIpc) is 2.70. The molecule has 0 aliphatic heterocycles. The summed E-state index contributed by atoms with van der Waals surface area (Å²) in [6.07, 6.45) is 1.81. The van der Waals surface area contributed by atoms with Crippen molar-refractivity contribution in [2.75, 3.05) is 0 Å². The van der Waals surface area contributed by atoms with Crippen LogP contribution in [0.4, 0.5) is 0 Å². The Bertz CT molecular complexity index is 529. The summed E-state index contributed by atoms with van der Waals surface area (Å²) in [5.41, 5.74) is 6.71. The third-order valence-electron chi connectivity index (χ3n) is 3.46. The fourth-order valence-corrected chi connectivity index (χ4v) is 3.15. The van der Waals surface area contributed by atoms with Crippen LogP contribution < -0.4 is 11.3 Å². The summed E-state index contributed by atoms with van der Waals surface area (Å²) in [6, 6.07) is 8.68. The van der Waals surface area contributed by atoms with Crippen LogP contribution in [0.1, 0.15) is 26.7 Å². The van der Waals surface area contributed by atoms with Crippen LogP contribution in [0.25, 0.3) is 0 Å². The number of aryl methyl sites for hydroxylation is 3. The summed E-state index contributed by atoms with van der Waals surface area (Å²) in [4.78, 5) is 5.88. The van der Waals surface area contributed by atoms with Crippen LogP contribution in [0.5, 0.6) is 0 Å². The van der Waals surface area contributed by atoms with Gasteiger partial charge in [-0.15, -0.1) is 11.3 Å². The molecule has 3 nitrogen and oxygen atoms in total. The molecule has 0 amide bonds. The van der Waals surface area contributed by atoms with E-state index < -0.39 is 0 Å². The molecule has 1 atom stereocenters. The van der Waals surface area contributed by atoms with Crippen LogP contribution in [0.2, 0.25) is 0 Å². The summed E-state index contributed by atoms with van der Waals surface area (Å²) >= 11 is 1.77. The van der Waals surface area contributed by atoms with E-state index in [1.807, 2.05) is 0 Å². The second-order valence-electron chi connectivity index (χ2n) is 4.95. The Morgan fingerprint density at radius 3 is 2.53 bits per heavy atom. The van der Waals surface area contributed by atoms with Gasteiger partial charge in [0, 0.05) is 17.3 Å². The lowest BCUT2D eigenvalue weighted by Crippen LogP contribution is -2.38. The maximum Gasteiger partial charge on any atom is 0.0947 e. The van der Waals surface area contributed by atoms with Crippen LogP contribution >= 0.6 is 11.3 Å². The fourth-order valence-electron chi connectivity index (χ4n) is 2.13. The number of hydrazine groups is 1. The van der Waals surface area contributed by atoms with Crippen molar-refractivity contribution in [1.29, 1.82) is 0 Å². The summed E-state index contributed by atoms with van der Waals surface area (Å²) in [5.74, 6) is 5.69. The molecule has 0 radical (unpaired) electrons. The average molecular weight is 275 g/mol. The number of nitrogens with zero attached hydrogens (tertiary/aromatic N) is 1. The summed E-state index contributed by atoms with van der Waals surface area (Å²) < 4.78 is 0. The molecule has 4 heteroatoms. The smallest absolute Gasteiger partial charge is 0.0947 e. The van der Waals surface area contributed by atoms with Crippen LogP contribution in [-0.4, -0.2) is 11.0 Å². The highest BCUT2D eigenvalue weighted by atomic mass is 32.1. The van der Waals surface area contributed by atoms with Gasteiger partial charge in [0.25, 0.3) is 0 Å². The molecular weight excluding hydrogens is 254 g/mol. The van der Waals surface area contributed by atoms with E-state index in [0.717, 1.165) is 23.5 Å². The van der Waals surface area contributed by atoms with Crippen molar-refractivity contribution in [1.82, 2.24) is 10.4 Å². The van der Waals surface area contributed by atoms with E-state index in [1.165, 1.54) is 16.0 Å². The Morgan fingerprint density at radius 1 is 1.21 bits per heavy atom. The molecule has 0 saturated heterocycles. The van der Waals surface area contributed by atoms with Crippen LogP contribution in [0, 0.1) is 20.8 Å². The van der Waals surface area contributed by atoms with Crippen molar-refractivity contribution in [3.05, 3.63) is 51.0 Å². The second-order valence-corrected chi connectivity index (χ2v) is 6.24. The third kappa shape index (κ3) is 3.62. The molecule has 1 heterocycles. The van der Waals surface area contributed by atoms with Gasteiger partial charge in [-0.1, -0.05) is 24.3 Å². The van der Waals surface area contributed by atoms with E-state index in [-0.39, 0.29) is 6.04 Å². The van der Waals surface area contributed by atoms with Gasteiger partial charge < -0.3 is 0 Å². The van der Waals surface area contributed by atoms with Crippen LogP contribution in [0.3, 0.4) is 0 Å². The highest BCUT2D eigenvalue weighted by Crippen LogP contribution is 2.19. The molecule has 1 aromatic heterocycles. The molecule has 0 fully saturated rings. The number of benzene rings is 1. The predicted molar refractivity (Wildman–Crippen MR) is 81.3 cm³/mol. The van der Waals surface area contributed by atoms with Crippen molar-refractivity contribution >= 4 is 11.3 Å². The Hall–Kier alpha value is -1.23. The first-order valence-corrected chi connectivity index (χ1v) is 7.35. The Kier molecular flexibility index (Phi) is 4.69. The molecule has 0 saturated carbocycles. The second kappa shape index (κ2) is 6.28. The van der Waals surface area contributed by atoms with Gasteiger partial charge in [0.2, 0.25) is 0 Å². The topological polar surface area (TPSA) is 50.9 Å². The number of rotatable bonds is 5. The summed E-state index contributed by atoms with van der Waals surface area (Å²) in [7, 11) is 0. The van der Waals surface area contributed by atoms with Crippen molar-refractivity contribution in [2.24, 2.45) is 5.84 Å². The molecule has 2 rings (SSSR count). The van der Waals surface area contributed by atoms with Gasteiger partial charge in [-0.25, -0.2) is 4.98 Å². The van der Waals surface area contributed by atoms with Gasteiger partial charge in [0.1, 0.15) is 0 Å². The van der Waals surface area contributed by atoms with Gasteiger partial charge in [-0.3, -0.25) is 11.3 Å². The molecule has 102 valence electrons. The number of nitrogens with two attached hydrogens (primary N) is 1. The monoisotopic (exact) mass is 275 g/mol. The predicted octanol–water partition coefficient (Wildman–Crippen LogP) is 2.69. The highest BCUT2D eigenvalue weighted by molar-refractivity contribution is 7.11. The maximum absolute atomic E-state index is 5.69. The molecule has 1 aromatic carbocycles. The van der Waals surface area contributed by atoms with Gasteiger partial charge in [-0.2, -0.15) is 0 Å². The van der Waals surface area contributed by atoms with Gasteiger partial charge in [-0.05, 0) is 38.3 Å². The maximum atomic E-state index is 5.69. The molecule has 1 unspecified atom stereocenters. The number of thiazole rings is 1. The van der Waals surface area contributed by atoms with Crippen LogP contribution in [0.15, 0.2) is 24.3 Å². The van der Waals surface area contributed by atoms with Crippen LogP contribution in [-0.2, 0) is 12.8 Å². The first kappa shape index (κ1) is 14.2. The minimum absolute atomic E-state index is 0.228. The quantitative estimate of drug-likeness (QED) is 0.651. The zero-order valence-electron chi connectivity index (χ0n) is 11.7. The van der Waals surface area contributed by atoms with Crippen molar-refractivity contribution in [3.63, 3.8) is 0 Å². The number of hydrogen-bond acceptors (Lipinski definition) is 4. The zero-order valence-corrected chi connectivity index (χ0v) is 12.6. The lowest BCUT2D eigenvalue weighted by Gasteiger charge is -2.15. The van der Waals surface area contributed by atoms with Crippen molar-refractivity contribution in [2.45, 2.75) is 39.7 Å². The molecule has 0 bridgehead atoms. The molecule has 3 N–H and O–H groups in total. The highest BCUT2D eigenvalue weighted by Gasteiger charge is 2.13. The third-order valence-corrected chi connectivity index (χ3v) is 4.55. The summed E-state index contributed by atoms with van der Waals surface area (Å²) in [5, 5.41) is 1.16. The van der Waals surface area contributed by atoms with E-state index in [2.05, 4.69) is 55.4 Å². The van der Waals surface area contributed by atoms with Gasteiger partial charge in [0.15, 0.2) is 0 Å². The number of aromatic nitrogens is 1. The summed E-state index contributed by atoms with van der Waals surface area (Å²) in [6.45, 7) is 6.31. The Labute approximate surface area is 118 Å². The van der Waals surface area contributed by atoms with E-state index in [1.54, 1.807) is 11.3 Å². The van der Waals surface area contributed by atoms with Crippen molar-refractivity contribution in [3.8, 4) is 0 Å². The van der Waals surface area contributed by atoms with E-state index in [9.17, 15) is 0 Å². The lowest BCUT2D eigenvalue weighted by atomic mass is 10.00. The number of nitrogens with one attached hydrogen (secondary N) is 1. The molecule has 19 heavy (non-hydrogen) atoms. The zero-order chi connectivity index (χ0) is 13.8. The molecule has 0 aliphatic rings. The number of hydrogen-bond donors (Lipinski definition) is 2. The first-order valence-electron chi connectivity index (χ1n) is 6.53. The minimum atomic E-state index is 0.228. The fraction of sp³-hybridized carbons (Fsp3) is 0.400. The largest absolute Gasteiger partial charge is 0.271 e. The Morgan fingerprint density at radius 2 is 1.95 bits per heavy atom. The van der Waals surface area contributed by atoms with E-state index >= 15 is 0 Å².